The summed E-state index contributed by atoms with van der Waals surface area (Å²) < 4.78 is 0. The molecule has 4 rings (SSSR count). The second-order valence-corrected chi connectivity index (χ2v) is 10.3. The zero-order chi connectivity index (χ0) is 24.6. The second-order valence-electron chi connectivity index (χ2n) is 10.3. The van der Waals surface area contributed by atoms with Crippen LogP contribution in [0, 0.1) is 5.92 Å². The van der Waals surface area contributed by atoms with Crippen molar-refractivity contribution in [1.29, 1.82) is 0 Å². The lowest BCUT2D eigenvalue weighted by Gasteiger charge is -2.37. The van der Waals surface area contributed by atoms with E-state index < -0.39 is 6.04 Å². The molecule has 1 aliphatic carbocycles. The average Bonchev–Trinajstić information content (AvgIpc) is 3.27. The summed E-state index contributed by atoms with van der Waals surface area (Å²) in [5.74, 6) is 0.413. The van der Waals surface area contributed by atoms with E-state index >= 15 is 0 Å². The lowest BCUT2D eigenvalue weighted by Crippen LogP contribution is -2.52. The first-order valence-electron chi connectivity index (χ1n) is 13.5. The van der Waals surface area contributed by atoms with Gasteiger partial charge < -0.3 is 20.4 Å². The molecule has 3 aliphatic rings. The molecule has 0 spiro atoms. The predicted octanol–water partition coefficient (Wildman–Crippen LogP) is 3.82. The molecule has 1 aromatic carbocycles. The molecular formula is C29H42N4O2. The number of hydrogen-bond acceptors (Lipinski definition) is 4. The minimum Gasteiger partial charge on any atom is -0.339 e. The fourth-order valence-corrected chi connectivity index (χ4v) is 5.71. The highest BCUT2D eigenvalue weighted by Crippen LogP contribution is 2.33. The predicted molar refractivity (Wildman–Crippen MR) is 141 cm³/mol. The summed E-state index contributed by atoms with van der Waals surface area (Å²) in [6.45, 7) is 5.66. The molecule has 1 aromatic rings. The SMILES string of the molecule is CN[C@@H](C)C(=O)N[C@H](C(=O)N1CC[C@@H]2CCCCN(CCC3=CCCC=C3)C[C@H]21)c1ccccc1. The quantitative estimate of drug-likeness (QED) is 0.596. The molecule has 35 heavy (non-hydrogen) atoms. The van der Waals surface area contributed by atoms with E-state index in [0.717, 1.165) is 57.4 Å². The van der Waals surface area contributed by atoms with E-state index in [1.54, 1.807) is 7.05 Å². The number of hydrogen-bond donors (Lipinski definition) is 2. The Kier molecular flexibility index (Phi) is 9.16. The summed E-state index contributed by atoms with van der Waals surface area (Å²) in [4.78, 5) is 31.5. The van der Waals surface area contributed by atoms with Crippen molar-refractivity contribution in [2.75, 3.05) is 33.2 Å². The Morgan fingerprint density at radius 3 is 2.66 bits per heavy atom. The van der Waals surface area contributed by atoms with Crippen LogP contribution in [-0.2, 0) is 9.59 Å². The van der Waals surface area contributed by atoms with Gasteiger partial charge in [-0.05, 0) is 70.5 Å². The molecule has 0 bridgehead atoms. The van der Waals surface area contributed by atoms with Gasteiger partial charge in [-0.2, -0.15) is 0 Å². The molecule has 0 saturated carbocycles. The normalized spacial score (nSPS) is 24.6. The number of carbonyl (C=O) groups is 2. The van der Waals surface area contributed by atoms with E-state index in [0.29, 0.717) is 5.92 Å². The van der Waals surface area contributed by atoms with Gasteiger partial charge in [0.1, 0.15) is 6.04 Å². The summed E-state index contributed by atoms with van der Waals surface area (Å²) in [5, 5.41) is 6.03. The van der Waals surface area contributed by atoms with E-state index in [-0.39, 0.29) is 23.9 Å². The molecule has 6 heteroatoms. The number of benzene rings is 1. The molecule has 2 aliphatic heterocycles. The number of likely N-dealkylation sites (N-methyl/N-ethyl adjacent to an activating group) is 1. The molecule has 4 atom stereocenters. The Labute approximate surface area is 210 Å². The van der Waals surface area contributed by atoms with Crippen LogP contribution in [0.1, 0.15) is 63.5 Å². The van der Waals surface area contributed by atoms with Crippen LogP contribution in [0.2, 0.25) is 0 Å². The number of nitrogens with zero attached hydrogens (tertiary/aromatic N) is 2. The van der Waals surface area contributed by atoms with Crippen molar-refractivity contribution in [1.82, 2.24) is 20.4 Å². The Morgan fingerprint density at radius 1 is 1.09 bits per heavy atom. The van der Waals surface area contributed by atoms with E-state index in [2.05, 4.69) is 38.7 Å². The lowest BCUT2D eigenvalue weighted by atomic mass is 9.91. The van der Waals surface area contributed by atoms with Gasteiger partial charge in [-0.25, -0.2) is 0 Å². The lowest BCUT2D eigenvalue weighted by molar-refractivity contribution is -0.138. The van der Waals surface area contributed by atoms with Crippen molar-refractivity contribution < 1.29 is 9.59 Å². The summed E-state index contributed by atoms with van der Waals surface area (Å²) in [7, 11) is 1.76. The number of likely N-dealkylation sites (tertiary alicyclic amines) is 2. The molecule has 6 nitrogen and oxygen atoms in total. The number of rotatable bonds is 8. The van der Waals surface area contributed by atoms with Crippen molar-refractivity contribution in [3.63, 3.8) is 0 Å². The Morgan fingerprint density at radius 2 is 1.91 bits per heavy atom. The number of amides is 2. The van der Waals surface area contributed by atoms with Crippen LogP contribution >= 0.6 is 0 Å². The number of fused-ring (bicyclic) bond motifs is 1. The first-order valence-corrected chi connectivity index (χ1v) is 13.5. The highest BCUT2D eigenvalue weighted by molar-refractivity contribution is 5.90. The number of carbonyl (C=O) groups excluding carboxylic acids is 2. The molecule has 2 amide bonds. The third kappa shape index (κ3) is 6.62. The minimum absolute atomic E-state index is 0.0267. The Balaban J connectivity index is 1.49. The van der Waals surface area contributed by atoms with E-state index in [4.69, 9.17) is 0 Å². The van der Waals surface area contributed by atoms with Gasteiger partial charge in [0.05, 0.1) is 6.04 Å². The first kappa shape index (κ1) is 25.6. The topological polar surface area (TPSA) is 64.7 Å². The van der Waals surface area contributed by atoms with Crippen LogP contribution in [0.3, 0.4) is 0 Å². The summed E-state index contributed by atoms with van der Waals surface area (Å²) in [6, 6.07) is 8.88. The van der Waals surface area contributed by atoms with E-state index in [9.17, 15) is 9.59 Å². The van der Waals surface area contributed by atoms with Crippen LogP contribution in [0.4, 0.5) is 0 Å². The van der Waals surface area contributed by atoms with Crippen molar-refractivity contribution in [3.8, 4) is 0 Å². The highest BCUT2D eigenvalue weighted by atomic mass is 16.2. The molecule has 0 aromatic heterocycles. The van der Waals surface area contributed by atoms with Gasteiger partial charge in [-0.15, -0.1) is 0 Å². The van der Waals surface area contributed by atoms with Crippen LogP contribution in [-0.4, -0.2) is 66.9 Å². The first-order chi connectivity index (χ1) is 17.1. The largest absolute Gasteiger partial charge is 0.339 e. The number of nitrogens with one attached hydrogen (secondary N) is 2. The van der Waals surface area contributed by atoms with Gasteiger partial charge in [0.15, 0.2) is 0 Å². The van der Waals surface area contributed by atoms with Crippen LogP contribution < -0.4 is 10.6 Å². The summed E-state index contributed by atoms with van der Waals surface area (Å²) >= 11 is 0. The van der Waals surface area contributed by atoms with Crippen molar-refractivity contribution in [2.24, 2.45) is 5.92 Å². The zero-order valence-electron chi connectivity index (χ0n) is 21.4. The Hall–Kier alpha value is -2.44. The Bertz CT molecular complexity index is 913. The van der Waals surface area contributed by atoms with Gasteiger partial charge in [-0.3, -0.25) is 9.59 Å². The molecule has 0 unspecified atom stereocenters. The second kappa shape index (κ2) is 12.5. The third-order valence-electron chi connectivity index (χ3n) is 7.99. The average molecular weight is 479 g/mol. The summed E-state index contributed by atoms with van der Waals surface area (Å²) in [5.41, 5.74) is 2.29. The van der Waals surface area contributed by atoms with E-state index in [1.807, 2.05) is 37.3 Å². The molecule has 2 fully saturated rings. The maximum absolute atomic E-state index is 14.0. The zero-order valence-corrected chi connectivity index (χ0v) is 21.4. The van der Waals surface area contributed by atoms with Gasteiger partial charge in [-0.1, -0.05) is 60.6 Å². The standard InChI is InChI=1S/C29H42N4O2/c1-22(30-2)28(34)31-27(25-14-7-4-8-15-25)29(35)33-20-17-24-13-9-10-18-32(21-26(24)33)19-16-23-11-5-3-6-12-23/h4-5,7-8,11-12,14-15,22,24,26-27,30H,3,6,9-10,13,16-21H2,1-2H3,(H,31,34)/t22-,24-,26+,27-/m0/s1. The van der Waals surface area contributed by atoms with Crippen LogP contribution in [0.25, 0.3) is 0 Å². The number of allylic oxidation sites excluding steroid dienone is 3. The van der Waals surface area contributed by atoms with Gasteiger partial charge in [0.25, 0.3) is 0 Å². The van der Waals surface area contributed by atoms with Gasteiger partial charge >= 0.3 is 0 Å². The third-order valence-corrected chi connectivity index (χ3v) is 7.99. The molecule has 2 saturated heterocycles. The molecule has 2 heterocycles. The van der Waals surface area contributed by atoms with Crippen molar-refractivity contribution in [2.45, 2.75) is 70.0 Å². The monoisotopic (exact) mass is 478 g/mol. The highest BCUT2D eigenvalue weighted by Gasteiger charge is 2.41. The summed E-state index contributed by atoms with van der Waals surface area (Å²) in [6.07, 6.45) is 15.0. The molecule has 190 valence electrons. The molecule has 2 N–H and O–H groups in total. The van der Waals surface area contributed by atoms with E-state index in [1.165, 1.54) is 24.8 Å². The molecular weight excluding hydrogens is 436 g/mol. The fraction of sp³-hybridized carbons (Fsp3) is 0.586. The van der Waals surface area contributed by atoms with Crippen molar-refractivity contribution in [3.05, 3.63) is 59.7 Å². The van der Waals surface area contributed by atoms with Crippen LogP contribution in [0.15, 0.2) is 54.1 Å². The maximum Gasteiger partial charge on any atom is 0.250 e. The smallest absolute Gasteiger partial charge is 0.250 e. The minimum atomic E-state index is -0.658. The maximum atomic E-state index is 14.0. The van der Waals surface area contributed by atoms with Gasteiger partial charge in [0.2, 0.25) is 11.8 Å². The fourth-order valence-electron chi connectivity index (χ4n) is 5.71. The van der Waals surface area contributed by atoms with Crippen LogP contribution in [0.5, 0.6) is 0 Å². The molecule has 0 radical (unpaired) electrons. The van der Waals surface area contributed by atoms with Gasteiger partial charge in [0, 0.05) is 25.7 Å². The van der Waals surface area contributed by atoms with Crippen molar-refractivity contribution >= 4 is 11.8 Å².